The number of aliphatic hydroxyl groups is 1. The molecule has 2 aromatic carbocycles. The lowest BCUT2D eigenvalue weighted by Crippen LogP contribution is -2.69. The molecule has 0 aromatic heterocycles. The van der Waals surface area contributed by atoms with Gasteiger partial charge < -0.3 is 9.53 Å². The minimum Gasteiger partial charge on any atom is -0.404 e. The fourth-order valence-electron chi connectivity index (χ4n) is 7.28. The summed E-state index contributed by atoms with van der Waals surface area (Å²) in [5.41, 5.74) is 0.775. The first-order chi connectivity index (χ1) is 15.9. The Kier molecular flexibility index (Phi) is 6.78. The smallest absolute Gasteiger partial charge is 0.261 e. The maximum atomic E-state index is 10.6. The highest BCUT2D eigenvalue weighted by Gasteiger charge is 2.58. The van der Waals surface area contributed by atoms with Crippen LogP contribution in [0.25, 0.3) is 0 Å². The third kappa shape index (κ3) is 4.47. The summed E-state index contributed by atoms with van der Waals surface area (Å²) >= 11 is 0. The molecule has 4 rings (SSSR count). The molecule has 4 atom stereocenters. The van der Waals surface area contributed by atoms with Crippen LogP contribution in [-0.2, 0) is 4.43 Å². The van der Waals surface area contributed by atoms with Crippen molar-refractivity contribution in [1.82, 2.24) is 0 Å². The summed E-state index contributed by atoms with van der Waals surface area (Å²) in [6.45, 7) is 18.0. The summed E-state index contributed by atoms with van der Waals surface area (Å²) in [4.78, 5) is 0. The lowest BCUT2D eigenvalue weighted by molar-refractivity contribution is -0.0117. The fraction of sp³-hybridized carbons (Fsp3) is 0.548. The zero-order chi connectivity index (χ0) is 24.8. The third-order valence-electron chi connectivity index (χ3n) is 8.64. The Hall–Kier alpha value is -1.68. The molecule has 2 nitrogen and oxygen atoms in total. The molecule has 184 valence electrons. The van der Waals surface area contributed by atoms with Crippen LogP contribution in [0.5, 0.6) is 0 Å². The van der Waals surface area contributed by atoms with Crippen molar-refractivity contribution in [1.29, 1.82) is 0 Å². The van der Waals surface area contributed by atoms with E-state index in [4.69, 9.17) is 4.43 Å². The van der Waals surface area contributed by atoms with Crippen molar-refractivity contribution in [3.05, 3.63) is 72.8 Å². The minimum atomic E-state index is -2.61. The summed E-state index contributed by atoms with van der Waals surface area (Å²) < 4.78 is 7.69. The second-order valence-corrected chi connectivity index (χ2v) is 17.0. The van der Waals surface area contributed by atoms with E-state index < -0.39 is 13.9 Å². The molecule has 0 heterocycles. The van der Waals surface area contributed by atoms with E-state index in [-0.39, 0.29) is 16.6 Å². The summed E-state index contributed by atoms with van der Waals surface area (Å²) in [5.74, 6) is 0.888. The monoisotopic (exact) mass is 476 g/mol. The molecule has 0 radical (unpaired) electrons. The molecule has 0 aliphatic heterocycles. The normalized spacial score (nSPS) is 28.1. The summed E-state index contributed by atoms with van der Waals surface area (Å²) in [6.07, 6.45) is 5.35. The Labute approximate surface area is 208 Å². The van der Waals surface area contributed by atoms with Gasteiger partial charge in [-0.1, -0.05) is 101 Å². The Morgan fingerprint density at radius 1 is 0.941 bits per heavy atom. The van der Waals surface area contributed by atoms with Crippen LogP contribution < -0.4 is 10.4 Å². The van der Waals surface area contributed by atoms with Gasteiger partial charge in [0.05, 0.1) is 11.7 Å². The molecule has 0 spiro atoms. The zero-order valence-electron chi connectivity index (χ0n) is 22.1. The number of rotatable bonds is 6. The Bertz CT molecular complexity index is 946. The highest BCUT2D eigenvalue weighted by Crippen LogP contribution is 2.59. The van der Waals surface area contributed by atoms with E-state index in [0.29, 0.717) is 11.8 Å². The molecule has 2 aromatic rings. The van der Waals surface area contributed by atoms with E-state index in [1.165, 1.54) is 15.9 Å². The fourth-order valence-corrected chi connectivity index (χ4v) is 12.1. The molecule has 2 saturated carbocycles. The number of hydrogen-bond acceptors (Lipinski definition) is 2. The number of benzene rings is 2. The van der Waals surface area contributed by atoms with Gasteiger partial charge in [-0.3, -0.25) is 0 Å². The Morgan fingerprint density at radius 3 is 1.94 bits per heavy atom. The van der Waals surface area contributed by atoms with Gasteiger partial charge in [-0.15, -0.1) is 0 Å². The van der Waals surface area contributed by atoms with Crippen molar-refractivity contribution < 1.29 is 9.53 Å². The van der Waals surface area contributed by atoms with E-state index in [1.807, 2.05) is 13.8 Å². The van der Waals surface area contributed by atoms with Gasteiger partial charge in [-0.25, -0.2) is 0 Å². The average molecular weight is 477 g/mol. The van der Waals surface area contributed by atoms with Gasteiger partial charge in [0, 0.05) is 0 Å². The van der Waals surface area contributed by atoms with Crippen LogP contribution >= 0.6 is 0 Å². The van der Waals surface area contributed by atoms with Gasteiger partial charge in [0.15, 0.2) is 0 Å². The number of allylic oxidation sites excluding steroid dienone is 1. The van der Waals surface area contributed by atoms with Gasteiger partial charge >= 0.3 is 0 Å². The molecule has 2 aliphatic carbocycles. The van der Waals surface area contributed by atoms with Crippen molar-refractivity contribution in [2.24, 2.45) is 17.3 Å². The molecule has 0 saturated heterocycles. The molecule has 2 fully saturated rings. The van der Waals surface area contributed by atoms with Gasteiger partial charge in [0.2, 0.25) is 0 Å². The number of fused-ring (bicyclic) bond motifs is 1. The van der Waals surface area contributed by atoms with Crippen LogP contribution in [-0.4, -0.2) is 25.1 Å². The maximum Gasteiger partial charge on any atom is 0.261 e. The van der Waals surface area contributed by atoms with Crippen molar-refractivity contribution in [3.8, 4) is 0 Å². The van der Waals surface area contributed by atoms with Crippen molar-refractivity contribution in [2.75, 3.05) is 0 Å². The summed E-state index contributed by atoms with van der Waals surface area (Å²) in [5, 5.41) is 13.3. The second-order valence-electron chi connectivity index (χ2n) is 12.8. The lowest BCUT2D eigenvalue weighted by atomic mass is 9.63. The highest BCUT2D eigenvalue weighted by atomic mass is 28.4. The Balaban J connectivity index is 1.80. The van der Waals surface area contributed by atoms with Crippen LogP contribution in [0.4, 0.5) is 0 Å². The molecular formula is C31H44O2Si. The van der Waals surface area contributed by atoms with Crippen molar-refractivity contribution in [2.45, 2.75) is 90.4 Å². The quantitative estimate of drug-likeness (QED) is 0.382. The Morgan fingerprint density at radius 2 is 1.47 bits per heavy atom. The van der Waals surface area contributed by atoms with Crippen LogP contribution in [0.1, 0.15) is 73.6 Å². The van der Waals surface area contributed by atoms with Gasteiger partial charge in [0.1, 0.15) is 0 Å². The number of hydrogen-bond donors (Lipinski definition) is 1. The summed E-state index contributed by atoms with van der Waals surface area (Å²) in [6, 6.07) is 22.0. The van der Waals surface area contributed by atoms with Gasteiger partial charge in [-0.2, -0.15) is 0 Å². The van der Waals surface area contributed by atoms with Crippen molar-refractivity contribution >= 4 is 18.7 Å². The first kappa shape index (κ1) is 25.4. The first-order valence-corrected chi connectivity index (χ1v) is 15.0. The predicted molar refractivity (Wildman–Crippen MR) is 146 cm³/mol. The lowest BCUT2D eigenvalue weighted by Gasteiger charge is -2.52. The molecule has 0 unspecified atom stereocenters. The zero-order valence-corrected chi connectivity index (χ0v) is 23.1. The van der Waals surface area contributed by atoms with Crippen LogP contribution in [0.15, 0.2) is 72.8 Å². The minimum absolute atomic E-state index is 0.0267. The second kappa shape index (κ2) is 9.08. The van der Waals surface area contributed by atoms with Crippen molar-refractivity contribution in [3.63, 3.8) is 0 Å². The van der Waals surface area contributed by atoms with Crippen LogP contribution in [0, 0.1) is 17.3 Å². The average Bonchev–Trinajstić information content (AvgIpc) is 3.10. The maximum absolute atomic E-state index is 10.6. The SMILES string of the molecule is C=C1CC[C@@H](O[Si](c2ccccc2)(c2ccccc2)C(C)(C)C)[C@]2(C)CC[C@H](CC(C)(C)O)[C@@H]12. The van der Waals surface area contributed by atoms with E-state index in [2.05, 4.69) is 94.9 Å². The predicted octanol–water partition coefficient (Wildman–Crippen LogP) is 6.48. The molecular weight excluding hydrogens is 432 g/mol. The van der Waals surface area contributed by atoms with Crippen LogP contribution in [0.2, 0.25) is 5.04 Å². The van der Waals surface area contributed by atoms with Gasteiger partial charge in [0.25, 0.3) is 8.32 Å². The topological polar surface area (TPSA) is 29.5 Å². The first-order valence-electron chi connectivity index (χ1n) is 13.1. The van der Waals surface area contributed by atoms with E-state index in [0.717, 1.165) is 32.1 Å². The third-order valence-corrected chi connectivity index (χ3v) is 13.7. The van der Waals surface area contributed by atoms with E-state index in [1.54, 1.807) is 0 Å². The molecule has 0 amide bonds. The van der Waals surface area contributed by atoms with Gasteiger partial charge in [-0.05, 0) is 78.6 Å². The van der Waals surface area contributed by atoms with Crippen LogP contribution in [0.3, 0.4) is 0 Å². The molecule has 0 bridgehead atoms. The standard InChI is InChI=1S/C31H44O2Si/c1-23-18-19-27(31(7)21-20-24(28(23)31)22-30(5,6)32)33-34(29(2,3)4,25-14-10-8-11-15-25)26-16-12-9-13-17-26/h8-17,24,27-28,32H,1,18-22H2,2-7H3/t24-,27-,28-,31+/m1/s1. The molecule has 34 heavy (non-hydrogen) atoms. The molecule has 1 N–H and O–H groups in total. The molecule has 3 heteroatoms. The summed E-state index contributed by atoms with van der Waals surface area (Å²) in [7, 11) is -2.61. The van der Waals surface area contributed by atoms with E-state index in [9.17, 15) is 5.11 Å². The largest absolute Gasteiger partial charge is 0.404 e. The molecule has 2 aliphatic rings. The van der Waals surface area contributed by atoms with E-state index >= 15 is 0 Å². The highest BCUT2D eigenvalue weighted by molar-refractivity contribution is 6.99.